The predicted octanol–water partition coefficient (Wildman–Crippen LogP) is 2.27. The molecule has 0 aliphatic heterocycles. The first-order valence-corrected chi connectivity index (χ1v) is 7.19. The van der Waals surface area contributed by atoms with Crippen LogP contribution in [0.15, 0.2) is 36.7 Å². The molecule has 112 valence electrons. The van der Waals surface area contributed by atoms with Gasteiger partial charge in [-0.2, -0.15) is 0 Å². The Bertz CT molecular complexity index is 589. The van der Waals surface area contributed by atoms with Gasteiger partial charge < -0.3 is 15.2 Å². The number of likely N-dealkylation sites (N-methyl/N-ethyl adjacent to an activating group) is 1. The fraction of sp³-hybridized carbons (Fsp3) is 0.375. The number of amides is 1. The van der Waals surface area contributed by atoms with Gasteiger partial charge in [-0.1, -0.05) is 12.1 Å². The summed E-state index contributed by atoms with van der Waals surface area (Å²) in [5.41, 5.74) is 2.03. The van der Waals surface area contributed by atoms with E-state index in [0.29, 0.717) is 13.0 Å². The van der Waals surface area contributed by atoms with Gasteiger partial charge in [0.2, 0.25) is 5.91 Å². The highest BCUT2D eigenvalue weighted by Gasteiger charge is 2.10. The van der Waals surface area contributed by atoms with Crippen LogP contribution >= 0.6 is 0 Å². The summed E-state index contributed by atoms with van der Waals surface area (Å²) in [6.45, 7) is 4.66. The summed E-state index contributed by atoms with van der Waals surface area (Å²) in [5.74, 6) is 1.04. The van der Waals surface area contributed by atoms with Crippen LogP contribution in [0, 0.1) is 0 Å². The van der Waals surface area contributed by atoms with Gasteiger partial charge in [0.25, 0.3) is 0 Å². The number of hydrogen-bond donors (Lipinski definition) is 2. The van der Waals surface area contributed by atoms with E-state index in [1.807, 2.05) is 49.0 Å². The van der Waals surface area contributed by atoms with E-state index in [0.717, 1.165) is 17.1 Å². The summed E-state index contributed by atoms with van der Waals surface area (Å²) in [6.07, 6.45) is 4.15. The Morgan fingerprint density at radius 1 is 1.33 bits per heavy atom. The largest absolute Gasteiger partial charge is 0.375 e. The van der Waals surface area contributed by atoms with Crippen LogP contribution < -0.4 is 10.6 Å². The first-order chi connectivity index (χ1) is 10.1. The van der Waals surface area contributed by atoms with Gasteiger partial charge in [-0.15, -0.1) is 0 Å². The number of hydrogen-bond acceptors (Lipinski definition) is 3. The molecule has 2 rings (SSSR count). The maximum atomic E-state index is 11.5. The molecular weight excluding hydrogens is 264 g/mol. The van der Waals surface area contributed by atoms with Crippen molar-refractivity contribution in [1.29, 1.82) is 0 Å². The fourth-order valence-electron chi connectivity index (χ4n) is 2.27. The van der Waals surface area contributed by atoms with E-state index in [1.54, 1.807) is 6.20 Å². The average Bonchev–Trinajstić information content (AvgIpc) is 2.87. The van der Waals surface area contributed by atoms with Crippen LogP contribution in [0.4, 0.5) is 5.69 Å². The fourth-order valence-corrected chi connectivity index (χ4v) is 2.27. The van der Waals surface area contributed by atoms with E-state index in [4.69, 9.17) is 0 Å². The van der Waals surface area contributed by atoms with Gasteiger partial charge in [0, 0.05) is 31.7 Å². The highest BCUT2D eigenvalue weighted by Crippen LogP contribution is 2.18. The zero-order valence-corrected chi connectivity index (χ0v) is 12.8. The van der Waals surface area contributed by atoms with Crippen molar-refractivity contribution in [1.82, 2.24) is 14.9 Å². The van der Waals surface area contributed by atoms with E-state index in [-0.39, 0.29) is 11.9 Å². The van der Waals surface area contributed by atoms with Crippen LogP contribution in [0.2, 0.25) is 0 Å². The van der Waals surface area contributed by atoms with E-state index in [2.05, 4.69) is 22.5 Å². The van der Waals surface area contributed by atoms with Crippen molar-refractivity contribution in [3.63, 3.8) is 0 Å². The molecule has 1 aromatic carbocycles. The lowest BCUT2D eigenvalue weighted by molar-refractivity contribution is -0.120. The monoisotopic (exact) mass is 286 g/mol. The lowest BCUT2D eigenvalue weighted by Gasteiger charge is -2.15. The average molecular weight is 286 g/mol. The molecule has 5 nitrogen and oxygen atoms in total. The second-order valence-electron chi connectivity index (χ2n) is 5.09. The van der Waals surface area contributed by atoms with Crippen LogP contribution in [-0.4, -0.2) is 22.0 Å². The van der Waals surface area contributed by atoms with Crippen molar-refractivity contribution < 1.29 is 4.79 Å². The van der Waals surface area contributed by atoms with E-state index in [9.17, 15) is 4.79 Å². The minimum atomic E-state index is 0.0552. The van der Waals surface area contributed by atoms with Gasteiger partial charge in [0.05, 0.1) is 12.5 Å². The maximum absolute atomic E-state index is 11.5. The van der Waals surface area contributed by atoms with Gasteiger partial charge in [-0.3, -0.25) is 4.79 Å². The van der Waals surface area contributed by atoms with Gasteiger partial charge in [0.15, 0.2) is 0 Å². The minimum Gasteiger partial charge on any atom is -0.375 e. The van der Waals surface area contributed by atoms with Crippen LogP contribution in [0.25, 0.3) is 0 Å². The standard InChI is InChI=1S/C16H22N4O/c1-4-17-15(21)11-13-5-7-14(8-6-13)19-12(2)16-18-9-10-20(16)3/h5-10,12,19H,4,11H2,1-3H3,(H,17,21). The van der Waals surface area contributed by atoms with Crippen molar-refractivity contribution in [3.8, 4) is 0 Å². The van der Waals surface area contributed by atoms with Crippen molar-refractivity contribution in [2.24, 2.45) is 7.05 Å². The molecule has 0 radical (unpaired) electrons. The molecule has 0 fully saturated rings. The van der Waals surface area contributed by atoms with Crippen molar-refractivity contribution in [2.75, 3.05) is 11.9 Å². The number of aromatic nitrogens is 2. The Labute approximate surface area is 125 Å². The summed E-state index contributed by atoms with van der Waals surface area (Å²) in [6, 6.07) is 8.06. The van der Waals surface area contributed by atoms with Crippen LogP contribution in [0.1, 0.15) is 31.3 Å². The van der Waals surface area contributed by atoms with Gasteiger partial charge in [-0.05, 0) is 31.5 Å². The molecule has 2 aromatic rings. The zero-order chi connectivity index (χ0) is 15.2. The van der Waals surface area contributed by atoms with Gasteiger partial charge >= 0.3 is 0 Å². The Morgan fingerprint density at radius 3 is 2.62 bits per heavy atom. The molecule has 0 saturated heterocycles. The van der Waals surface area contributed by atoms with Gasteiger partial charge in [-0.25, -0.2) is 4.98 Å². The van der Waals surface area contributed by atoms with Crippen LogP contribution in [-0.2, 0) is 18.3 Å². The maximum Gasteiger partial charge on any atom is 0.224 e. The van der Waals surface area contributed by atoms with Crippen LogP contribution in [0.5, 0.6) is 0 Å². The van der Waals surface area contributed by atoms with E-state index < -0.39 is 0 Å². The Morgan fingerprint density at radius 2 is 2.05 bits per heavy atom. The number of carbonyl (C=O) groups excluding carboxylic acids is 1. The first kappa shape index (κ1) is 15.1. The second-order valence-corrected chi connectivity index (χ2v) is 5.09. The topological polar surface area (TPSA) is 59.0 Å². The van der Waals surface area contributed by atoms with Crippen molar-refractivity contribution in [3.05, 3.63) is 48.0 Å². The van der Waals surface area contributed by atoms with Crippen molar-refractivity contribution >= 4 is 11.6 Å². The minimum absolute atomic E-state index is 0.0552. The highest BCUT2D eigenvalue weighted by atomic mass is 16.1. The molecule has 2 N–H and O–H groups in total. The zero-order valence-electron chi connectivity index (χ0n) is 12.8. The molecule has 0 saturated carbocycles. The Kier molecular flexibility index (Phi) is 4.98. The smallest absolute Gasteiger partial charge is 0.224 e. The molecule has 1 unspecified atom stereocenters. The summed E-state index contributed by atoms with van der Waals surface area (Å²) in [4.78, 5) is 15.9. The predicted molar refractivity (Wildman–Crippen MR) is 84.1 cm³/mol. The number of anilines is 1. The molecule has 0 aliphatic rings. The summed E-state index contributed by atoms with van der Waals surface area (Å²) in [7, 11) is 1.98. The lowest BCUT2D eigenvalue weighted by atomic mass is 10.1. The quantitative estimate of drug-likeness (QED) is 0.856. The van der Waals surface area contributed by atoms with E-state index in [1.165, 1.54) is 0 Å². The number of rotatable bonds is 6. The van der Waals surface area contributed by atoms with Gasteiger partial charge in [0.1, 0.15) is 5.82 Å². The molecule has 1 amide bonds. The summed E-state index contributed by atoms with van der Waals surface area (Å²) < 4.78 is 2.00. The SMILES string of the molecule is CCNC(=O)Cc1ccc(NC(C)c2nccn2C)cc1. The number of nitrogens with one attached hydrogen (secondary N) is 2. The molecule has 1 atom stereocenters. The first-order valence-electron chi connectivity index (χ1n) is 7.19. The van der Waals surface area contributed by atoms with Crippen LogP contribution in [0.3, 0.4) is 0 Å². The Hall–Kier alpha value is -2.30. The summed E-state index contributed by atoms with van der Waals surface area (Å²) >= 11 is 0. The number of imidazole rings is 1. The molecule has 0 spiro atoms. The second kappa shape index (κ2) is 6.92. The molecule has 1 heterocycles. The highest BCUT2D eigenvalue weighted by molar-refractivity contribution is 5.78. The third-order valence-corrected chi connectivity index (χ3v) is 3.32. The number of aryl methyl sites for hydroxylation is 1. The van der Waals surface area contributed by atoms with E-state index >= 15 is 0 Å². The number of benzene rings is 1. The number of nitrogens with zero attached hydrogens (tertiary/aromatic N) is 2. The normalized spacial score (nSPS) is 12.0. The molecule has 21 heavy (non-hydrogen) atoms. The molecule has 1 aromatic heterocycles. The Balaban J connectivity index is 1.96. The van der Waals surface area contributed by atoms with Crippen molar-refractivity contribution in [2.45, 2.75) is 26.3 Å². The summed E-state index contributed by atoms with van der Waals surface area (Å²) in [5, 5.41) is 6.21. The molecule has 5 heteroatoms. The molecule has 0 aliphatic carbocycles. The third kappa shape index (κ3) is 4.08. The molecular formula is C16H22N4O. The number of carbonyl (C=O) groups is 1. The lowest BCUT2D eigenvalue weighted by Crippen LogP contribution is -2.24. The molecule has 0 bridgehead atoms. The third-order valence-electron chi connectivity index (χ3n) is 3.32.